The minimum Gasteiger partial charge on any atom is -0.494 e. The van der Waals surface area contributed by atoms with Gasteiger partial charge in [0.1, 0.15) is 5.75 Å². The summed E-state index contributed by atoms with van der Waals surface area (Å²) in [4.78, 5) is 10.6. The summed E-state index contributed by atoms with van der Waals surface area (Å²) in [7, 11) is 0. The average molecular weight is 325 g/mol. The number of aliphatic carboxylic acids is 1. The Balaban J connectivity index is 2.05. The molecule has 0 heterocycles. The number of benzene rings is 2. The van der Waals surface area contributed by atoms with Crippen LogP contribution in [0.4, 0.5) is 0 Å². The highest BCUT2D eigenvalue weighted by molar-refractivity contribution is 5.85. The fourth-order valence-electron chi connectivity index (χ4n) is 2.37. The minimum absolute atomic E-state index is 0.685. The Morgan fingerprint density at radius 2 is 1.79 bits per heavy atom. The van der Waals surface area contributed by atoms with E-state index in [1.807, 2.05) is 48.5 Å². The summed E-state index contributed by atoms with van der Waals surface area (Å²) in [6, 6.07) is 15.7. The van der Waals surface area contributed by atoms with Crippen LogP contribution < -0.4 is 10.5 Å². The molecule has 0 atom stereocenters. The molecule has 2 aromatic carbocycles. The fraction of sp³-hybridized carbons (Fsp3) is 0.250. The second-order valence-electron chi connectivity index (χ2n) is 5.52. The molecule has 0 spiro atoms. The first-order valence-electron chi connectivity index (χ1n) is 8.13. The van der Waals surface area contributed by atoms with Crippen molar-refractivity contribution in [3.05, 3.63) is 60.2 Å². The molecular weight excluding hydrogens is 302 g/mol. The zero-order valence-electron chi connectivity index (χ0n) is 13.7. The Morgan fingerprint density at radius 3 is 2.54 bits per heavy atom. The van der Waals surface area contributed by atoms with Crippen LogP contribution in [0.5, 0.6) is 5.75 Å². The standard InChI is InChI=1S/C20H23NO3/c21-12-2-1-3-13-24-19-9-5-8-18(15-19)17-7-4-6-16(14-17)10-11-20(22)23/h4-11,14-15H,1-3,12-13,21H2,(H,22,23)/b11-10-. The molecule has 2 rings (SSSR count). The van der Waals surface area contributed by atoms with Gasteiger partial charge in [-0.05, 0) is 66.8 Å². The van der Waals surface area contributed by atoms with Gasteiger partial charge in [0.2, 0.25) is 0 Å². The summed E-state index contributed by atoms with van der Waals surface area (Å²) < 4.78 is 5.79. The molecule has 0 saturated carbocycles. The van der Waals surface area contributed by atoms with Crippen LogP contribution in [0.25, 0.3) is 17.2 Å². The van der Waals surface area contributed by atoms with E-state index in [1.165, 1.54) is 0 Å². The molecule has 4 nitrogen and oxygen atoms in total. The van der Waals surface area contributed by atoms with Crippen LogP contribution in [-0.2, 0) is 4.79 Å². The molecule has 0 aliphatic rings. The maximum atomic E-state index is 10.6. The number of carboxylic acids is 1. The molecule has 0 aliphatic carbocycles. The number of nitrogens with two attached hydrogens (primary N) is 1. The SMILES string of the molecule is NCCCCCOc1cccc(-c2cccc(/C=C\C(=O)O)c2)c1. The molecule has 24 heavy (non-hydrogen) atoms. The van der Waals surface area contributed by atoms with E-state index >= 15 is 0 Å². The van der Waals surface area contributed by atoms with Gasteiger partial charge in [0.15, 0.2) is 0 Å². The lowest BCUT2D eigenvalue weighted by Gasteiger charge is -2.09. The molecule has 0 fully saturated rings. The van der Waals surface area contributed by atoms with Crippen molar-refractivity contribution in [3.63, 3.8) is 0 Å². The van der Waals surface area contributed by atoms with Crippen molar-refractivity contribution < 1.29 is 14.6 Å². The van der Waals surface area contributed by atoms with E-state index in [-0.39, 0.29) is 0 Å². The molecule has 0 unspecified atom stereocenters. The Hall–Kier alpha value is -2.59. The highest BCUT2D eigenvalue weighted by Crippen LogP contribution is 2.25. The van der Waals surface area contributed by atoms with E-state index in [0.717, 1.165) is 54.3 Å². The topological polar surface area (TPSA) is 72.5 Å². The normalized spacial score (nSPS) is 10.9. The fourth-order valence-corrected chi connectivity index (χ4v) is 2.37. The largest absolute Gasteiger partial charge is 0.494 e. The second kappa shape index (κ2) is 9.53. The van der Waals surface area contributed by atoms with Gasteiger partial charge in [-0.2, -0.15) is 0 Å². The van der Waals surface area contributed by atoms with Crippen LogP contribution in [-0.4, -0.2) is 24.2 Å². The van der Waals surface area contributed by atoms with E-state index in [4.69, 9.17) is 15.6 Å². The number of rotatable bonds is 9. The summed E-state index contributed by atoms with van der Waals surface area (Å²) >= 11 is 0. The Kier molecular flexibility index (Phi) is 7.05. The van der Waals surface area contributed by atoms with E-state index in [0.29, 0.717) is 6.61 Å². The van der Waals surface area contributed by atoms with Crippen molar-refractivity contribution in [2.24, 2.45) is 5.73 Å². The Morgan fingerprint density at radius 1 is 1.04 bits per heavy atom. The van der Waals surface area contributed by atoms with Crippen molar-refractivity contribution in [2.45, 2.75) is 19.3 Å². The molecule has 4 heteroatoms. The van der Waals surface area contributed by atoms with E-state index in [1.54, 1.807) is 6.08 Å². The first-order chi connectivity index (χ1) is 11.7. The highest BCUT2D eigenvalue weighted by atomic mass is 16.5. The first kappa shape index (κ1) is 17.8. The molecular formula is C20H23NO3. The molecule has 0 aliphatic heterocycles. The molecule has 2 aromatic rings. The minimum atomic E-state index is -0.953. The summed E-state index contributed by atoms with van der Waals surface area (Å²) in [6.45, 7) is 1.41. The Bertz CT molecular complexity index is 695. The summed E-state index contributed by atoms with van der Waals surface area (Å²) in [5.41, 5.74) is 8.39. The molecule has 3 N–H and O–H groups in total. The molecule has 0 saturated heterocycles. The van der Waals surface area contributed by atoms with Gasteiger partial charge in [0.25, 0.3) is 0 Å². The predicted molar refractivity (Wildman–Crippen MR) is 96.9 cm³/mol. The third-order valence-corrected chi connectivity index (χ3v) is 3.59. The maximum absolute atomic E-state index is 10.6. The van der Waals surface area contributed by atoms with Crippen LogP contribution >= 0.6 is 0 Å². The number of unbranched alkanes of at least 4 members (excludes halogenated alkanes) is 2. The number of hydrogen-bond donors (Lipinski definition) is 2. The Labute approximate surface area is 142 Å². The highest BCUT2D eigenvalue weighted by Gasteiger charge is 2.01. The van der Waals surface area contributed by atoms with Gasteiger partial charge in [0.05, 0.1) is 6.61 Å². The van der Waals surface area contributed by atoms with Crippen molar-refractivity contribution in [3.8, 4) is 16.9 Å². The van der Waals surface area contributed by atoms with E-state index < -0.39 is 5.97 Å². The number of carboxylic acid groups (broad SMARTS) is 1. The summed E-state index contributed by atoms with van der Waals surface area (Å²) in [5.74, 6) is -0.114. The number of ether oxygens (including phenoxy) is 1. The zero-order valence-corrected chi connectivity index (χ0v) is 13.7. The zero-order chi connectivity index (χ0) is 17.2. The maximum Gasteiger partial charge on any atom is 0.328 e. The van der Waals surface area contributed by atoms with E-state index in [9.17, 15) is 4.79 Å². The number of carbonyl (C=O) groups is 1. The van der Waals surface area contributed by atoms with Crippen molar-refractivity contribution in [1.29, 1.82) is 0 Å². The quantitative estimate of drug-likeness (QED) is 0.541. The van der Waals surface area contributed by atoms with Crippen molar-refractivity contribution in [1.82, 2.24) is 0 Å². The van der Waals surface area contributed by atoms with Gasteiger partial charge in [-0.25, -0.2) is 4.79 Å². The van der Waals surface area contributed by atoms with Crippen molar-refractivity contribution in [2.75, 3.05) is 13.2 Å². The van der Waals surface area contributed by atoms with Gasteiger partial charge < -0.3 is 15.6 Å². The number of hydrogen-bond acceptors (Lipinski definition) is 3. The van der Waals surface area contributed by atoms with Gasteiger partial charge in [-0.1, -0.05) is 30.3 Å². The summed E-state index contributed by atoms with van der Waals surface area (Å²) in [5, 5.41) is 8.72. The summed E-state index contributed by atoms with van der Waals surface area (Å²) in [6.07, 6.45) is 5.83. The molecule has 0 bridgehead atoms. The average Bonchev–Trinajstić information content (AvgIpc) is 2.60. The third kappa shape index (κ3) is 5.89. The van der Waals surface area contributed by atoms with Gasteiger partial charge in [-0.15, -0.1) is 0 Å². The van der Waals surface area contributed by atoms with Crippen LogP contribution in [0.2, 0.25) is 0 Å². The van der Waals surface area contributed by atoms with Gasteiger partial charge in [0, 0.05) is 6.08 Å². The van der Waals surface area contributed by atoms with Crippen LogP contribution in [0, 0.1) is 0 Å². The molecule has 0 aromatic heterocycles. The third-order valence-electron chi connectivity index (χ3n) is 3.59. The van der Waals surface area contributed by atoms with Crippen LogP contribution in [0.3, 0.4) is 0 Å². The lowest BCUT2D eigenvalue weighted by Crippen LogP contribution is -2.01. The molecule has 0 radical (unpaired) electrons. The van der Waals surface area contributed by atoms with E-state index in [2.05, 4.69) is 0 Å². The molecule has 0 amide bonds. The van der Waals surface area contributed by atoms with Crippen LogP contribution in [0.15, 0.2) is 54.6 Å². The second-order valence-corrected chi connectivity index (χ2v) is 5.52. The molecule has 126 valence electrons. The first-order valence-corrected chi connectivity index (χ1v) is 8.13. The lowest BCUT2D eigenvalue weighted by molar-refractivity contribution is -0.131. The van der Waals surface area contributed by atoms with Gasteiger partial charge >= 0.3 is 5.97 Å². The van der Waals surface area contributed by atoms with Crippen molar-refractivity contribution >= 4 is 12.0 Å². The van der Waals surface area contributed by atoms with Gasteiger partial charge in [-0.3, -0.25) is 0 Å². The smallest absolute Gasteiger partial charge is 0.328 e. The van der Waals surface area contributed by atoms with Crippen LogP contribution in [0.1, 0.15) is 24.8 Å². The predicted octanol–water partition coefficient (Wildman–Crippen LogP) is 3.96. The monoisotopic (exact) mass is 325 g/mol. The lowest BCUT2D eigenvalue weighted by atomic mass is 10.0.